The average molecular weight is 467 g/mol. The lowest BCUT2D eigenvalue weighted by Gasteiger charge is -2.19. The molecule has 0 aromatic heterocycles. The Kier molecular flexibility index (Phi) is 11.2. The van der Waals surface area contributed by atoms with Crippen molar-refractivity contribution < 1.29 is 32.2 Å². The number of hydrogen-bond acceptors (Lipinski definition) is 4. The maximum absolute atomic E-state index is 12.9. The number of esters is 1. The molecule has 0 fully saturated rings. The van der Waals surface area contributed by atoms with Crippen LogP contribution in [0.3, 0.4) is 0 Å². The van der Waals surface area contributed by atoms with Crippen LogP contribution in [0.2, 0.25) is 0 Å². The highest BCUT2D eigenvalue weighted by Crippen LogP contribution is 2.26. The van der Waals surface area contributed by atoms with E-state index in [0.717, 1.165) is 30.4 Å². The van der Waals surface area contributed by atoms with Crippen molar-refractivity contribution >= 4 is 5.97 Å². The summed E-state index contributed by atoms with van der Waals surface area (Å²) in [4.78, 5) is 12.1. The first-order valence-corrected chi connectivity index (χ1v) is 11.4. The number of carbonyl (C=O) groups is 1. The number of carbonyl (C=O) groups excluding carboxylic acids is 1. The molecular weight excluding hydrogens is 433 g/mol. The highest BCUT2D eigenvalue weighted by Gasteiger charge is 2.43. The highest BCUT2D eigenvalue weighted by molar-refractivity contribution is 5.90. The normalized spacial score (nSPS) is 12.4. The lowest BCUT2D eigenvalue weighted by molar-refractivity contribution is -0.215. The van der Waals surface area contributed by atoms with Crippen molar-refractivity contribution in [3.63, 3.8) is 0 Å². The van der Waals surface area contributed by atoms with E-state index in [0.29, 0.717) is 6.61 Å². The first kappa shape index (κ1) is 26.7. The van der Waals surface area contributed by atoms with E-state index in [2.05, 4.69) is 16.4 Å². The van der Waals surface area contributed by atoms with Gasteiger partial charge in [-0.3, -0.25) is 0 Å². The van der Waals surface area contributed by atoms with E-state index >= 15 is 0 Å². The Morgan fingerprint density at radius 1 is 0.848 bits per heavy atom. The van der Waals surface area contributed by atoms with Gasteiger partial charge in [0.25, 0.3) is 0 Å². The molecule has 0 aliphatic heterocycles. The van der Waals surface area contributed by atoms with Crippen molar-refractivity contribution in [1.82, 2.24) is 0 Å². The molecule has 1 unspecified atom stereocenters. The molecule has 0 N–H and O–H groups in total. The van der Waals surface area contributed by atoms with Gasteiger partial charge in [-0.1, -0.05) is 69.7 Å². The minimum absolute atomic E-state index is 0.0405. The maximum atomic E-state index is 12.9. The van der Waals surface area contributed by atoms with E-state index in [1.165, 1.54) is 50.7 Å². The van der Waals surface area contributed by atoms with Crippen molar-refractivity contribution in [1.29, 1.82) is 0 Å². The van der Waals surface area contributed by atoms with Crippen LogP contribution in [0.4, 0.5) is 13.2 Å². The zero-order valence-electron chi connectivity index (χ0n) is 19.3. The van der Waals surface area contributed by atoms with E-state index in [1.807, 2.05) is 24.3 Å². The molecule has 182 valence electrons. The molecule has 0 spiro atoms. The molecule has 0 aliphatic carbocycles. The smallest absolute Gasteiger partial charge is 0.427 e. The quantitative estimate of drug-likeness (QED) is 0.218. The molecule has 7 heteroatoms. The molecule has 0 heterocycles. The van der Waals surface area contributed by atoms with Crippen molar-refractivity contribution in [2.24, 2.45) is 0 Å². The largest absolute Gasteiger partial charge is 0.494 e. The van der Waals surface area contributed by atoms with Crippen LogP contribution in [0.15, 0.2) is 48.5 Å². The van der Waals surface area contributed by atoms with Gasteiger partial charge in [0.1, 0.15) is 5.75 Å². The summed E-state index contributed by atoms with van der Waals surface area (Å²) in [6.07, 6.45) is 1.62. The summed E-state index contributed by atoms with van der Waals surface area (Å²) in [5, 5.41) is 0. The molecule has 0 radical (unpaired) electrons. The van der Waals surface area contributed by atoms with E-state index in [1.54, 1.807) is 12.1 Å². The second-order valence-corrected chi connectivity index (χ2v) is 7.96. The molecule has 0 aliphatic rings. The summed E-state index contributed by atoms with van der Waals surface area (Å²) < 4.78 is 53.6. The summed E-state index contributed by atoms with van der Waals surface area (Å²) in [6, 6.07) is 13.8. The van der Waals surface area contributed by atoms with E-state index in [-0.39, 0.29) is 5.56 Å². The Morgan fingerprint density at radius 2 is 1.39 bits per heavy atom. The van der Waals surface area contributed by atoms with Gasteiger partial charge < -0.3 is 14.2 Å². The van der Waals surface area contributed by atoms with Crippen molar-refractivity contribution in [3.8, 4) is 16.9 Å². The fourth-order valence-electron chi connectivity index (χ4n) is 3.34. The molecule has 2 aromatic rings. The van der Waals surface area contributed by atoms with Gasteiger partial charge in [0.15, 0.2) is 0 Å². The van der Waals surface area contributed by atoms with Crippen LogP contribution in [0, 0.1) is 0 Å². The van der Waals surface area contributed by atoms with Gasteiger partial charge in [-0.2, -0.15) is 13.2 Å². The van der Waals surface area contributed by atoms with Crippen LogP contribution in [0.1, 0.15) is 62.2 Å². The van der Waals surface area contributed by atoms with Gasteiger partial charge in [-0.25, -0.2) is 4.79 Å². The number of halogens is 3. The molecule has 4 nitrogen and oxygen atoms in total. The van der Waals surface area contributed by atoms with Crippen molar-refractivity contribution in [3.05, 3.63) is 54.1 Å². The van der Waals surface area contributed by atoms with Crippen molar-refractivity contribution in [2.45, 2.75) is 64.1 Å². The lowest BCUT2D eigenvalue weighted by atomic mass is 10.0. The van der Waals surface area contributed by atoms with E-state index in [4.69, 9.17) is 4.74 Å². The molecule has 2 aromatic carbocycles. The lowest BCUT2D eigenvalue weighted by Crippen LogP contribution is -2.37. The van der Waals surface area contributed by atoms with E-state index in [9.17, 15) is 18.0 Å². The third-order valence-corrected chi connectivity index (χ3v) is 5.26. The Labute approximate surface area is 194 Å². The SMILES string of the molecule is CCCCCCCCCOc1ccc(-c2ccc(C(=O)OC(COC)C(F)(F)F)cc2)cc1. The topological polar surface area (TPSA) is 44.8 Å². The molecule has 2 rings (SSSR count). The molecule has 33 heavy (non-hydrogen) atoms. The predicted octanol–water partition coefficient (Wildman–Crippen LogP) is 7.22. The molecule has 0 bridgehead atoms. The maximum Gasteiger partial charge on any atom is 0.427 e. The van der Waals surface area contributed by atoms with Gasteiger partial charge in [-0.05, 0) is 41.8 Å². The Balaban J connectivity index is 1.83. The molecule has 1 atom stereocenters. The Hall–Kier alpha value is -2.54. The zero-order chi connectivity index (χ0) is 24.1. The number of unbranched alkanes of at least 4 members (excludes halogenated alkanes) is 6. The summed E-state index contributed by atoms with van der Waals surface area (Å²) in [6.45, 7) is 2.15. The second-order valence-electron chi connectivity index (χ2n) is 7.96. The minimum Gasteiger partial charge on any atom is -0.494 e. The van der Waals surface area contributed by atoms with Gasteiger partial charge in [0, 0.05) is 7.11 Å². The standard InChI is InChI=1S/C26H33F3O4/c1-3-4-5-6-7-8-9-18-32-23-16-14-21(15-17-23)20-10-12-22(13-11-20)25(30)33-24(19-31-2)26(27,28)29/h10-17,24H,3-9,18-19H2,1-2H3. The monoisotopic (exact) mass is 466 g/mol. The number of alkyl halides is 3. The first-order chi connectivity index (χ1) is 15.8. The summed E-state index contributed by atoms with van der Waals surface area (Å²) in [5.74, 6) is -0.253. The van der Waals surface area contributed by atoms with Crippen LogP contribution in [-0.4, -0.2) is 38.6 Å². The van der Waals surface area contributed by atoms with Crippen LogP contribution >= 0.6 is 0 Å². The summed E-state index contributed by atoms with van der Waals surface area (Å²) >= 11 is 0. The van der Waals surface area contributed by atoms with Gasteiger partial charge in [0.05, 0.1) is 18.8 Å². The van der Waals surface area contributed by atoms with Gasteiger partial charge in [-0.15, -0.1) is 0 Å². The molecular formula is C26H33F3O4. The van der Waals surface area contributed by atoms with E-state index < -0.39 is 24.9 Å². The number of hydrogen-bond donors (Lipinski definition) is 0. The summed E-state index contributed by atoms with van der Waals surface area (Å²) in [5.41, 5.74) is 1.78. The third-order valence-electron chi connectivity index (χ3n) is 5.26. The van der Waals surface area contributed by atoms with Crippen LogP contribution in [0.5, 0.6) is 5.75 Å². The number of methoxy groups -OCH3 is 1. The molecule has 0 saturated heterocycles. The van der Waals surface area contributed by atoms with Crippen LogP contribution in [-0.2, 0) is 9.47 Å². The second kappa shape index (κ2) is 13.9. The average Bonchev–Trinajstić information content (AvgIpc) is 2.80. The Morgan fingerprint density at radius 3 is 1.94 bits per heavy atom. The highest BCUT2D eigenvalue weighted by atomic mass is 19.4. The van der Waals surface area contributed by atoms with Crippen molar-refractivity contribution in [2.75, 3.05) is 20.3 Å². The number of ether oxygens (including phenoxy) is 3. The van der Waals surface area contributed by atoms with Crippen LogP contribution < -0.4 is 4.74 Å². The van der Waals surface area contributed by atoms with Crippen LogP contribution in [0.25, 0.3) is 11.1 Å². The molecule has 0 saturated carbocycles. The fourth-order valence-corrected chi connectivity index (χ4v) is 3.34. The fraction of sp³-hybridized carbons (Fsp3) is 0.500. The van der Waals surface area contributed by atoms with Gasteiger partial charge in [0.2, 0.25) is 6.10 Å². The zero-order valence-corrected chi connectivity index (χ0v) is 19.3. The first-order valence-electron chi connectivity index (χ1n) is 11.4. The number of rotatable bonds is 14. The third kappa shape index (κ3) is 9.46. The minimum atomic E-state index is -4.69. The number of benzene rings is 2. The predicted molar refractivity (Wildman–Crippen MR) is 123 cm³/mol. The molecule has 0 amide bonds. The van der Waals surface area contributed by atoms with Gasteiger partial charge >= 0.3 is 12.1 Å². The summed E-state index contributed by atoms with van der Waals surface area (Å²) in [7, 11) is 1.12. The Bertz CT molecular complexity index is 817.